The van der Waals surface area contributed by atoms with Crippen molar-refractivity contribution in [1.82, 2.24) is 5.32 Å². The normalized spacial score (nSPS) is 13.2. The monoisotopic (exact) mass is 223 g/mol. The van der Waals surface area contributed by atoms with Crippen LogP contribution in [-0.4, -0.2) is 17.6 Å². The molecule has 0 aliphatic carbocycles. The average molecular weight is 223 g/mol. The first-order valence-corrected chi connectivity index (χ1v) is 5.20. The fourth-order valence-electron chi connectivity index (χ4n) is 1.59. The summed E-state index contributed by atoms with van der Waals surface area (Å²) in [7, 11) is 0. The number of hydrogen-bond donors (Lipinski definition) is 2. The summed E-state index contributed by atoms with van der Waals surface area (Å²) in [6.07, 6.45) is 2.72. The quantitative estimate of drug-likeness (QED) is 0.751. The van der Waals surface area contributed by atoms with E-state index in [2.05, 4.69) is 5.32 Å². The standard InChI is InChI=1S/C12H17NO3/c1-8-7-11(10(3)16-8)9(2)13-6-4-5-12(14)15/h4-5,7,9,13H,6H2,1-3H3,(H,14,15)/b5-4+. The van der Waals surface area contributed by atoms with E-state index in [1.165, 1.54) is 0 Å². The van der Waals surface area contributed by atoms with Gasteiger partial charge in [0.2, 0.25) is 0 Å². The maximum absolute atomic E-state index is 10.2. The number of carboxylic acids is 1. The van der Waals surface area contributed by atoms with Crippen LogP contribution in [0, 0.1) is 13.8 Å². The lowest BCUT2D eigenvalue weighted by atomic mass is 10.1. The third-order valence-corrected chi connectivity index (χ3v) is 2.35. The van der Waals surface area contributed by atoms with Crippen LogP contribution in [0.5, 0.6) is 0 Å². The predicted molar refractivity (Wildman–Crippen MR) is 61.4 cm³/mol. The van der Waals surface area contributed by atoms with E-state index in [1.807, 2.05) is 26.8 Å². The molecule has 1 rings (SSSR count). The molecule has 16 heavy (non-hydrogen) atoms. The summed E-state index contributed by atoms with van der Waals surface area (Å²) in [6.45, 7) is 6.38. The topological polar surface area (TPSA) is 62.5 Å². The van der Waals surface area contributed by atoms with Crippen LogP contribution >= 0.6 is 0 Å². The number of hydrogen-bond acceptors (Lipinski definition) is 3. The maximum atomic E-state index is 10.2. The van der Waals surface area contributed by atoms with Crippen molar-refractivity contribution in [3.05, 3.63) is 35.3 Å². The number of carboxylic acid groups (broad SMARTS) is 1. The molecule has 0 aromatic carbocycles. The molecule has 0 saturated heterocycles. The van der Waals surface area contributed by atoms with Gasteiger partial charge < -0.3 is 14.8 Å². The largest absolute Gasteiger partial charge is 0.478 e. The molecule has 4 heteroatoms. The van der Waals surface area contributed by atoms with Gasteiger partial charge in [-0.25, -0.2) is 4.79 Å². The Morgan fingerprint density at radius 2 is 2.31 bits per heavy atom. The van der Waals surface area contributed by atoms with Gasteiger partial charge in [0, 0.05) is 24.2 Å². The first-order valence-electron chi connectivity index (χ1n) is 5.20. The van der Waals surface area contributed by atoms with Gasteiger partial charge in [0.25, 0.3) is 0 Å². The van der Waals surface area contributed by atoms with Crippen molar-refractivity contribution in [2.24, 2.45) is 0 Å². The van der Waals surface area contributed by atoms with Gasteiger partial charge in [-0.1, -0.05) is 6.08 Å². The molecule has 2 N–H and O–H groups in total. The van der Waals surface area contributed by atoms with Gasteiger partial charge in [0.15, 0.2) is 0 Å². The predicted octanol–water partition coefficient (Wildman–Crippen LogP) is 2.19. The van der Waals surface area contributed by atoms with E-state index in [9.17, 15) is 4.79 Å². The van der Waals surface area contributed by atoms with Gasteiger partial charge in [0.05, 0.1) is 0 Å². The second-order valence-electron chi connectivity index (χ2n) is 3.74. The third-order valence-electron chi connectivity index (χ3n) is 2.35. The Morgan fingerprint density at radius 3 is 2.81 bits per heavy atom. The van der Waals surface area contributed by atoms with E-state index in [-0.39, 0.29) is 6.04 Å². The summed E-state index contributed by atoms with van der Waals surface area (Å²) in [4.78, 5) is 10.2. The van der Waals surface area contributed by atoms with Crippen LogP contribution in [-0.2, 0) is 4.79 Å². The third kappa shape index (κ3) is 3.55. The van der Waals surface area contributed by atoms with Crippen molar-refractivity contribution in [1.29, 1.82) is 0 Å². The zero-order chi connectivity index (χ0) is 12.1. The maximum Gasteiger partial charge on any atom is 0.328 e. The van der Waals surface area contributed by atoms with E-state index in [0.29, 0.717) is 6.54 Å². The van der Waals surface area contributed by atoms with Gasteiger partial charge in [0.1, 0.15) is 11.5 Å². The highest BCUT2D eigenvalue weighted by molar-refractivity contribution is 5.79. The molecule has 1 atom stereocenters. The second kappa shape index (κ2) is 5.51. The van der Waals surface area contributed by atoms with Crippen LogP contribution in [0.15, 0.2) is 22.6 Å². The zero-order valence-electron chi connectivity index (χ0n) is 9.78. The average Bonchev–Trinajstić information content (AvgIpc) is 2.52. The molecular weight excluding hydrogens is 206 g/mol. The second-order valence-corrected chi connectivity index (χ2v) is 3.74. The van der Waals surface area contributed by atoms with E-state index in [1.54, 1.807) is 6.08 Å². The van der Waals surface area contributed by atoms with E-state index < -0.39 is 5.97 Å². The molecule has 1 aromatic heterocycles. The minimum absolute atomic E-state index is 0.149. The van der Waals surface area contributed by atoms with Gasteiger partial charge in [-0.05, 0) is 26.8 Å². The Balaban J connectivity index is 2.49. The Labute approximate surface area is 95.0 Å². The molecule has 88 valence electrons. The summed E-state index contributed by atoms with van der Waals surface area (Å²) in [6, 6.07) is 2.14. The molecular formula is C12H17NO3. The number of furan rings is 1. The van der Waals surface area contributed by atoms with Gasteiger partial charge in [-0.2, -0.15) is 0 Å². The molecule has 1 heterocycles. The SMILES string of the molecule is Cc1cc(C(C)NC/C=C/C(=O)O)c(C)o1. The molecule has 0 bridgehead atoms. The van der Waals surface area contributed by atoms with Crippen molar-refractivity contribution >= 4 is 5.97 Å². The highest BCUT2D eigenvalue weighted by Gasteiger charge is 2.10. The van der Waals surface area contributed by atoms with Crippen molar-refractivity contribution in [2.45, 2.75) is 26.8 Å². The fraction of sp³-hybridized carbons (Fsp3) is 0.417. The van der Waals surface area contributed by atoms with E-state index in [0.717, 1.165) is 23.2 Å². The molecule has 1 aromatic rings. The van der Waals surface area contributed by atoms with Crippen molar-refractivity contribution in [2.75, 3.05) is 6.54 Å². The van der Waals surface area contributed by atoms with Crippen molar-refractivity contribution in [3.8, 4) is 0 Å². The number of nitrogens with one attached hydrogen (secondary N) is 1. The summed E-state index contributed by atoms with van der Waals surface area (Å²) in [5.74, 6) is 0.867. The van der Waals surface area contributed by atoms with Crippen LogP contribution in [0.4, 0.5) is 0 Å². The molecule has 0 fully saturated rings. The first kappa shape index (κ1) is 12.5. The Bertz CT molecular complexity index is 393. The summed E-state index contributed by atoms with van der Waals surface area (Å²) in [5, 5.41) is 11.6. The Hall–Kier alpha value is -1.55. The minimum atomic E-state index is -0.926. The fourth-order valence-corrected chi connectivity index (χ4v) is 1.59. The molecule has 0 spiro atoms. The van der Waals surface area contributed by atoms with E-state index >= 15 is 0 Å². The lowest BCUT2D eigenvalue weighted by Crippen LogP contribution is -2.18. The minimum Gasteiger partial charge on any atom is -0.478 e. The number of aryl methyl sites for hydroxylation is 2. The summed E-state index contributed by atoms with van der Waals surface area (Å²) < 4.78 is 5.43. The first-order chi connectivity index (χ1) is 7.50. The zero-order valence-corrected chi connectivity index (χ0v) is 9.78. The van der Waals surface area contributed by atoms with Gasteiger partial charge in [-0.15, -0.1) is 0 Å². The molecule has 1 unspecified atom stereocenters. The highest BCUT2D eigenvalue weighted by atomic mass is 16.4. The van der Waals surface area contributed by atoms with Gasteiger partial charge in [-0.3, -0.25) is 0 Å². The molecule has 0 amide bonds. The van der Waals surface area contributed by atoms with Crippen LogP contribution in [0.2, 0.25) is 0 Å². The van der Waals surface area contributed by atoms with Crippen LogP contribution < -0.4 is 5.32 Å². The molecule has 0 aliphatic rings. The van der Waals surface area contributed by atoms with Crippen LogP contribution in [0.25, 0.3) is 0 Å². The van der Waals surface area contributed by atoms with Gasteiger partial charge >= 0.3 is 5.97 Å². The number of rotatable bonds is 5. The highest BCUT2D eigenvalue weighted by Crippen LogP contribution is 2.20. The summed E-state index contributed by atoms with van der Waals surface area (Å²) in [5.41, 5.74) is 1.11. The lowest BCUT2D eigenvalue weighted by Gasteiger charge is -2.10. The number of carbonyl (C=O) groups is 1. The molecule has 0 saturated carbocycles. The van der Waals surface area contributed by atoms with Crippen LogP contribution in [0.3, 0.4) is 0 Å². The van der Waals surface area contributed by atoms with Crippen LogP contribution in [0.1, 0.15) is 30.0 Å². The summed E-state index contributed by atoms with van der Waals surface area (Å²) >= 11 is 0. The smallest absolute Gasteiger partial charge is 0.328 e. The van der Waals surface area contributed by atoms with Crippen molar-refractivity contribution in [3.63, 3.8) is 0 Å². The van der Waals surface area contributed by atoms with E-state index in [4.69, 9.17) is 9.52 Å². The molecule has 0 radical (unpaired) electrons. The lowest BCUT2D eigenvalue weighted by molar-refractivity contribution is -0.131. The Morgan fingerprint density at radius 1 is 1.62 bits per heavy atom. The number of aliphatic carboxylic acids is 1. The Kier molecular flexibility index (Phi) is 4.31. The molecule has 0 aliphatic heterocycles. The molecule has 4 nitrogen and oxygen atoms in total. The van der Waals surface area contributed by atoms with Crippen molar-refractivity contribution < 1.29 is 14.3 Å².